The molecule has 2 amide bonds. The molecule has 0 saturated heterocycles. The SMILES string of the molecule is COc1cc(C(=O)NC(=S)Nc2cccc(C(=O)Nc3cccc(C(F)(F)F)c3)c2)cc(OC)c1OC. The third-order valence-electron chi connectivity index (χ3n) is 4.98. The van der Waals surface area contributed by atoms with Crippen LogP contribution in [0.1, 0.15) is 26.3 Å². The number of thiocarbonyl (C=S) groups is 1. The summed E-state index contributed by atoms with van der Waals surface area (Å²) < 4.78 is 54.5. The summed E-state index contributed by atoms with van der Waals surface area (Å²) in [6.07, 6.45) is -4.53. The molecule has 3 rings (SSSR count). The molecule has 0 aliphatic rings. The molecule has 0 atom stereocenters. The molecule has 0 aliphatic heterocycles. The van der Waals surface area contributed by atoms with Gasteiger partial charge in [-0.1, -0.05) is 12.1 Å². The highest BCUT2D eigenvalue weighted by molar-refractivity contribution is 7.80. The Morgan fingerprint density at radius 1 is 0.757 bits per heavy atom. The van der Waals surface area contributed by atoms with Crippen molar-refractivity contribution in [1.29, 1.82) is 0 Å². The van der Waals surface area contributed by atoms with Crippen molar-refractivity contribution in [3.63, 3.8) is 0 Å². The van der Waals surface area contributed by atoms with Gasteiger partial charge in [-0.2, -0.15) is 13.2 Å². The lowest BCUT2D eigenvalue weighted by atomic mass is 10.1. The number of anilines is 2. The summed E-state index contributed by atoms with van der Waals surface area (Å²) >= 11 is 5.21. The topological polar surface area (TPSA) is 97.9 Å². The van der Waals surface area contributed by atoms with Gasteiger partial charge < -0.3 is 24.8 Å². The largest absolute Gasteiger partial charge is 0.493 e. The van der Waals surface area contributed by atoms with E-state index < -0.39 is 23.6 Å². The smallest absolute Gasteiger partial charge is 0.416 e. The number of carbonyl (C=O) groups excluding carboxylic acids is 2. The number of hydrogen-bond acceptors (Lipinski definition) is 6. The molecule has 0 saturated carbocycles. The van der Waals surface area contributed by atoms with Gasteiger partial charge in [0.2, 0.25) is 5.75 Å². The van der Waals surface area contributed by atoms with Crippen LogP contribution in [-0.2, 0) is 6.18 Å². The Kier molecular flexibility index (Phi) is 8.56. The Labute approximate surface area is 215 Å². The fourth-order valence-corrected chi connectivity index (χ4v) is 3.48. The maximum Gasteiger partial charge on any atom is 0.416 e. The van der Waals surface area contributed by atoms with E-state index in [9.17, 15) is 22.8 Å². The molecule has 0 heterocycles. The fraction of sp³-hybridized carbons (Fsp3) is 0.160. The van der Waals surface area contributed by atoms with Gasteiger partial charge in [0.25, 0.3) is 11.8 Å². The maximum atomic E-state index is 12.9. The minimum absolute atomic E-state index is 0.00804. The number of carbonyl (C=O) groups is 2. The van der Waals surface area contributed by atoms with Crippen LogP contribution in [0.3, 0.4) is 0 Å². The predicted octanol–water partition coefficient (Wildman–Crippen LogP) is 5.11. The molecule has 0 aliphatic carbocycles. The third kappa shape index (κ3) is 6.88. The normalized spacial score (nSPS) is 10.8. The Morgan fingerprint density at radius 3 is 1.92 bits per heavy atom. The first-order valence-electron chi connectivity index (χ1n) is 10.6. The summed E-state index contributed by atoms with van der Waals surface area (Å²) in [6.45, 7) is 0. The monoisotopic (exact) mass is 533 g/mol. The highest BCUT2D eigenvalue weighted by atomic mass is 32.1. The van der Waals surface area contributed by atoms with Gasteiger partial charge in [0, 0.05) is 22.5 Å². The minimum atomic E-state index is -4.53. The summed E-state index contributed by atoms with van der Waals surface area (Å²) in [7, 11) is 4.27. The predicted molar refractivity (Wildman–Crippen MR) is 136 cm³/mol. The molecule has 37 heavy (non-hydrogen) atoms. The number of amides is 2. The number of nitrogens with one attached hydrogen (secondary N) is 3. The van der Waals surface area contributed by atoms with Gasteiger partial charge in [0.05, 0.1) is 26.9 Å². The minimum Gasteiger partial charge on any atom is -0.493 e. The van der Waals surface area contributed by atoms with Crippen LogP contribution in [0.15, 0.2) is 60.7 Å². The number of rotatable bonds is 7. The second-order valence-corrected chi connectivity index (χ2v) is 7.84. The highest BCUT2D eigenvalue weighted by Crippen LogP contribution is 2.38. The van der Waals surface area contributed by atoms with E-state index in [1.165, 1.54) is 57.7 Å². The van der Waals surface area contributed by atoms with E-state index in [1.54, 1.807) is 12.1 Å². The standard InChI is InChI=1S/C25H22F3N3O5S/c1-34-19-11-15(12-20(35-2)21(19)36-3)23(33)31-24(37)30-17-8-4-6-14(10-17)22(32)29-18-9-5-7-16(13-18)25(26,27)28/h4-13H,1-3H3,(H,29,32)(H2,30,31,33,37). The van der Waals surface area contributed by atoms with Gasteiger partial charge >= 0.3 is 6.18 Å². The first kappa shape index (κ1) is 27.3. The van der Waals surface area contributed by atoms with E-state index in [0.29, 0.717) is 11.4 Å². The molecule has 12 heteroatoms. The maximum absolute atomic E-state index is 12.9. The van der Waals surface area contributed by atoms with Crippen LogP contribution in [-0.4, -0.2) is 38.3 Å². The van der Waals surface area contributed by atoms with Crippen molar-refractivity contribution in [2.45, 2.75) is 6.18 Å². The Hall–Kier alpha value is -4.32. The van der Waals surface area contributed by atoms with E-state index >= 15 is 0 Å². The average molecular weight is 534 g/mol. The molecule has 3 aromatic rings. The lowest BCUT2D eigenvalue weighted by molar-refractivity contribution is -0.137. The van der Waals surface area contributed by atoms with Crippen LogP contribution in [0.5, 0.6) is 17.2 Å². The van der Waals surface area contributed by atoms with E-state index in [0.717, 1.165) is 12.1 Å². The summed E-state index contributed by atoms with van der Waals surface area (Å²) in [5.41, 5.74) is -0.179. The van der Waals surface area contributed by atoms with Crippen molar-refractivity contribution in [3.8, 4) is 17.2 Å². The molecule has 3 N–H and O–H groups in total. The zero-order valence-electron chi connectivity index (χ0n) is 19.9. The molecular formula is C25H22F3N3O5S. The molecule has 0 bridgehead atoms. The zero-order chi connectivity index (χ0) is 27.2. The van der Waals surface area contributed by atoms with Crippen LogP contribution in [0.25, 0.3) is 0 Å². The van der Waals surface area contributed by atoms with Crippen molar-refractivity contribution >= 4 is 40.5 Å². The number of hydrogen-bond donors (Lipinski definition) is 3. The fourth-order valence-electron chi connectivity index (χ4n) is 3.26. The van der Waals surface area contributed by atoms with Gasteiger partial charge in [-0.15, -0.1) is 0 Å². The van der Waals surface area contributed by atoms with E-state index in [1.807, 2.05) is 0 Å². The van der Waals surface area contributed by atoms with E-state index in [-0.39, 0.29) is 33.4 Å². The van der Waals surface area contributed by atoms with Gasteiger partial charge in [-0.25, -0.2) is 0 Å². The lowest BCUT2D eigenvalue weighted by Crippen LogP contribution is -2.34. The van der Waals surface area contributed by atoms with Crippen LogP contribution in [0.4, 0.5) is 24.5 Å². The number of benzene rings is 3. The Balaban J connectivity index is 1.69. The molecular weight excluding hydrogens is 511 g/mol. The van der Waals surface area contributed by atoms with Crippen molar-refractivity contribution in [1.82, 2.24) is 5.32 Å². The quantitative estimate of drug-likeness (QED) is 0.363. The van der Waals surface area contributed by atoms with Crippen LogP contribution < -0.4 is 30.2 Å². The van der Waals surface area contributed by atoms with Crippen molar-refractivity contribution in [2.75, 3.05) is 32.0 Å². The molecule has 0 fully saturated rings. The van der Waals surface area contributed by atoms with Crippen LogP contribution in [0.2, 0.25) is 0 Å². The summed E-state index contributed by atoms with van der Waals surface area (Å²) in [5, 5.41) is 7.68. The second kappa shape index (κ2) is 11.6. The molecule has 0 unspecified atom stereocenters. The number of methoxy groups -OCH3 is 3. The highest BCUT2D eigenvalue weighted by Gasteiger charge is 2.30. The first-order valence-corrected chi connectivity index (χ1v) is 11.0. The van der Waals surface area contributed by atoms with Gasteiger partial charge in [0.1, 0.15) is 0 Å². The summed E-state index contributed by atoms with van der Waals surface area (Å²) in [5.74, 6) is -0.302. The zero-order valence-corrected chi connectivity index (χ0v) is 20.7. The number of halogens is 3. The lowest BCUT2D eigenvalue weighted by Gasteiger charge is -2.15. The van der Waals surface area contributed by atoms with Gasteiger partial charge in [-0.05, 0) is 60.7 Å². The van der Waals surface area contributed by atoms with Crippen molar-refractivity contribution in [2.24, 2.45) is 0 Å². The van der Waals surface area contributed by atoms with E-state index in [4.69, 9.17) is 26.4 Å². The van der Waals surface area contributed by atoms with Gasteiger partial charge in [0.15, 0.2) is 16.6 Å². The first-order chi connectivity index (χ1) is 17.5. The molecule has 8 nitrogen and oxygen atoms in total. The molecule has 194 valence electrons. The van der Waals surface area contributed by atoms with Crippen molar-refractivity contribution in [3.05, 3.63) is 77.4 Å². The van der Waals surface area contributed by atoms with Gasteiger partial charge in [-0.3, -0.25) is 14.9 Å². The number of ether oxygens (including phenoxy) is 3. The third-order valence-corrected chi connectivity index (χ3v) is 5.19. The summed E-state index contributed by atoms with van der Waals surface area (Å²) in [4.78, 5) is 25.3. The molecule has 3 aromatic carbocycles. The molecule has 0 aromatic heterocycles. The van der Waals surface area contributed by atoms with E-state index in [2.05, 4.69) is 16.0 Å². The van der Waals surface area contributed by atoms with Crippen LogP contribution in [0, 0.1) is 0 Å². The number of alkyl halides is 3. The Morgan fingerprint density at radius 2 is 1.35 bits per heavy atom. The molecule has 0 radical (unpaired) electrons. The average Bonchev–Trinajstić information content (AvgIpc) is 2.87. The molecule has 0 spiro atoms. The Bertz CT molecular complexity index is 1310. The summed E-state index contributed by atoms with van der Waals surface area (Å²) in [6, 6.07) is 13.3. The van der Waals surface area contributed by atoms with Crippen molar-refractivity contribution < 1.29 is 37.0 Å². The van der Waals surface area contributed by atoms with Crippen LogP contribution >= 0.6 is 12.2 Å². The second-order valence-electron chi connectivity index (χ2n) is 7.44.